The number of benzene rings is 1. The number of ether oxygens (including phenoxy) is 2. The van der Waals surface area contributed by atoms with E-state index in [1.807, 2.05) is 25.1 Å². The fraction of sp³-hybridized carbons (Fsp3) is 0.500. The molecular weight excluding hydrogens is 192 g/mol. The lowest BCUT2D eigenvalue weighted by Crippen LogP contribution is -2.11. The molecule has 0 fully saturated rings. The van der Waals surface area contributed by atoms with Crippen LogP contribution < -0.4 is 9.47 Å². The first-order valence-corrected chi connectivity index (χ1v) is 5.00. The molecule has 2 atom stereocenters. The van der Waals surface area contributed by atoms with Crippen LogP contribution in [0.2, 0.25) is 0 Å². The Hall–Kier alpha value is -1.22. The molecule has 0 heterocycles. The topological polar surface area (TPSA) is 38.7 Å². The maximum absolute atomic E-state index is 9.49. The predicted molar refractivity (Wildman–Crippen MR) is 59.6 cm³/mol. The third kappa shape index (κ3) is 2.63. The fourth-order valence-corrected chi connectivity index (χ4v) is 1.41. The molecule has 3 heteroatoms. The van der Waals surface area contributed by atoms with Crippen LogP contribution in [0.15, 0.2) is 18.2 Å². The van der Waals surface area contributed by atoms with Crippen molar-refractivity contribution < 1.29 is 14.6 Å². The second-order valence-electron chi connectivity index (χ2n) is 3.64. The van der Waals surface area contributed by atoms with Crippen molar-refractivity contribution in [3.63, 3.8) is 0 Å². The Bertz CT molecular complexity index is 321. The molecule has 84 valence electrons. The van der Waals surface area contributed by atoms with Crippen molar-refractivity contribution in [1.82, 2.24) is 0 Å². The Morgan fingerprint density at radius 1 is 1.07 bits per heavy atom. The van der Waals surface area contributed by atoms with Gasteiger partial charge in [-0.1, -0.05) is 13.0 Å². The van der Waals surface area contributed by atoms with Crippen molar-refractivity contribution in [3.8, 4) is 11.5 Å². The van der Waals surface area contributed by atoms with Gasteiger partial charge in [0, 0.05) is 5.92 Å². The van der Waals surface area contributed by atoms with E-state index in [0.717, 1.165) is 5.56 Å². The molecule has 0 amide bonds. The Morgan fingerprint density at radius 2 is 1.67 bits per heavy atom. The van der Waals surface area contributed by atoms with E-state index in [1.54, 1.807) is 21.1 Å². The van der Waals surface area contributed by atoms with Gasteiger partial charge >= 0.3 is 0 Å². The van der Waals surface area contributed by atoms with E-state index in [0.29, 0.717) is 11.5 Å². The SMILES string of the molecule is COc1ccc([C@@H](C)[C@@H](C)O)cc1OC. The normalized spacial score (nSPS) is 14.5. The summed E-state index contributed by atoms with van der Waals surface area (Å²) in [7, 11) is 3.21. The quantitative estimate of drug-likeness (QED) is 0.828. The van der Waals surface area contributed by atoms with Gasteiger partial charge < -0.3 is 14.6 Å². The van der Waals surface area contributed by atoms with Crippen LogP contribution in [0.5, 0.6) is 11.5 Å². The molecule has 1 aromatic rings. The zero-order valence-electron chi connectivity index (χ0n) is 9.65. The van der Waals surface area contributed by atoms with Crippen LogP contribution in [-0.4, -0.2) is 25.4 Å². The van der Waals surface area contributed by atoms with Crippen LogP contribution in [0.3, 0.4) is 0 Å². The van der Waals surface area contributed by atoms with Gasteiger partial charge in [-0.2, -0.15) is 0 Å². The monoisotopic (exact) mass is 210 g/mol. The molecule has 15 heavy (non-hydrogen) atoms. The minimum atomic E-state index is -0.372. The summed E-state index contributed by atoms with van der Waals surface area (Å²) in [6.45, 7) is 3.76. The average molecular weight is 210 g/mol. The van der Waals surface area contributed by atoms with Gasteiger partial charge in [-0.3, -0.25) is 0 Å². The van der Waals surface area contributed by atoms with E-state index in [4.69, 9.17) is 9.47 Å². The number of rotatable bonds is 4. The first kappa shape index (κ1) is 11.9. The van der Waals surface area contributed by atoms with Crippen molar-refractivity contribution >= 4 is 0 Å². The molecule has 0 saturated heterocycles. The van der Waals surface area contributed by atoms with Crippen LogP contribution in [-0.2, 0) is 0 Å². The van der Waals surface area contributed by atoms with E-state index in [2.05, 4.69) is 0 Å². The first-order chi connectivity index (χ1) is 7.10. The fourth-order valence-electron chi connectivity index (χ4n) is 1.41. The van der Waals surface area contributed by atoms with E-state index in [-0.39, 0.29) is 12.0 Å². The molecule has 0 radical (unpaired) electrons. The molecule has 1 N–H and O–H groups in total. The molecule has 1 rings (SSSR count). The number of methoxy groups -OCH3 is 2. The van der Waals surface area contributed by atoms with Gasteiger partial charge in [0.15, 0.2) is 11.5 Å². The number of hydrogen-bond donors (Lipinski definition) is 1. The van der Waals surface area contributed by atoms with Crippen LogP contribution in [0, 0.1) is 0 Å². The van der Waals surface area contributed by atoms with Crippen molar-refractivity contribution in [2.24, 2.45) is 0 Å². The minimum absolute atomic E-state index is 0.0878. The Balaban J connectivity index is 3.02. The van der Waals surface area contributed by atoms with Crippen LogP contribution in [0.4, 0.5) is 0 Å². The summed E-state index contributed by atoms with van der Waals surface area (Å²) in [5, 5.41) is 9.49. The molecule has 1 aromatic carbocycles. The maximum atomic E-state index is 9.49. The number of aliphatic hydroxyl groups is 1. The highest BCUT2D eigenvalue weighted by atomic mass is 16.5. The minimum Gasteiger partial charge on any atom is -0.493 e. The van der Waals surface area contributed by atoms with Gasteiger partial charge in [0.2, 0.25) is 0 Å². The van der Waals surface area contributed by atoms with Gasteiger partial charge in [-0.15, -0.1) is 0 Å². The lowest BCUT2D eigenvalue weighted by atomic mass is 9.96. The van der Waals surface area contributed by atoms with E-state index < -0.39 is 0 Å². The third-order valence-electron chi connectivity index (χ3n) is 2.66. The van der Waals surface area contributed by atoms with Gasteiger partial charge in [0.1, 0.15) is 0 Å². The Morgan fingerprint density at radius 3 is 2.13 bits per heavy atom. The zero-order chi connectivity index (χ0) is 11.4. The van der Waals surface area contributed by atoms with Gasteiger partial charge in [0.05, 0.1) is 20.3 Å². The highest BCUT2D eigenvalue weighted by molar-refractivity contribution is 5.43. The summed E-state index contributed by atoms with van der Waals surface area (Å²) < 4.78 is 10.3. The summed E-state index contributed by atoms with van der Waals surface area (Å²) >= 11 is 0. The van der Waals surface area contributed by atoms with Gasteiger partial charge in [-0.25, -0.2) is 0 Å². The van der Waals surface area contributed by atoms with Crippen LogP contribution in [0.1, 0.15) is 25.3 Å². The highest BCUT2D eigenvalue weighted by Crippen LogP contribution is 2.31. The molecule has 0 aliphatic rings. The van der Waals surface area contributed by atoms with Crippen molar-refractivity contribution in [2.75, 3.05) is 14.2 Å². The second-order valence-corrected chi connectivity index (χ2v) is 3.64. The van der Waals surface area contributed by atoms with E-state index >= 15 is 0 Å². The van der Waals surface area contributed by atoms with Crippen molar-refractivity contribution in [2.45, 2.75) is 25.9 Å². The first-order valence-electron chi connectivity index (χ1n) is 5.00. The molecule has 3 nitrogen and oxygen atoms in total. The largest absolute Gasteiger partial charge is 0.493 e. The van der Waals surface area contributed by atoms with Crippen LogP contribution >= 0.6 is 0 Å². The summed E-state index contributed by atoms with van der Waals surface area (Å²) in [4.78, 5) is 0. The highest BCUT2D eigenvalue weighted by Gasteiger charge is 2.13. The second kappa shape index (κ2) is 5.03. The lowest BCUT2D eigenvalue weighted by Gasteiger charge is -2.17. The maximum Gasteiger partial charge on any atom is 0.160 e. The molecular formula is C12H18O3. The van der Waals surface area contributed by atoms with Gasteiger partial charge in [0.25, 0.3) is 0 Å². The smallest absolute Gasteiger partial charge is 0.160 e. The molecule has 0 aromatic heterocycles. The molecule has 0 saturated carbocycles. The number of hydrogen-bond acceptors (Lipinski definition) is 3. The van der Waals surface area contributed by atoms with Gasteiger partial charge in [-0.05, 0) is 24.6 Å². The third-order valence-corrected chi connectivity index (χ3v) is 2.66. The van der Waals surface area contributed by atoms with E-state index in [1.165, 1.54) is 0 Å². The molecule has 0 aliphatic carbocycles. The average Bonchev–Trinajstić information content (AvgIpc) is 2.26. The summed E-state index contributed by atoms with van der Waals surface area (Å²) in [6, 6.07) is 5.70. The molecule has 0 spiro atoms. The Kier molecular flexibility index (Phi) is 3.97. The summed E-state index contributed by atoms with van der Waals surface area (Å²) in [5.74, 6) is 1.49. The zero-order valence-corrected chi connectivity index (χ0v) is 9.65. The number of aliphatic hydroxyl groups excluding tert-OH is 1. The Labute approximate surface area is 90.6 Å². The predicted octanol–water partition coefficient (Wildman–Crippen LogP) is 2.19. The molecule has 0 aliphatic heterocycles. The van der Waals surface area contributed by atoms with E-state index in [9.17, 15) is 5.11 Å². The van der Waals surface area contributed by atoms with Crippen LogP contribution in [0.25, 0.3) is 0 Å². The lowest BCUT2D eigenvalue weighted by molar-refractivity contribution is 0.169. The van der Waals surface area contributed by atoms with Crippen molar-refractivity contribution in [1.29, 1.82) is 0 Å². The summed E-state index contributed by atoms with van der Waals surface area (Å²) in [5.41, 5.74) is 1.04. The standard InChI is InChI=1S/C12H18O3/c1-8(9(2)13)10-5-6-11(14-3)12(7-10)15-4/h5-9,13H,1-4H3/t8-,9+/m0/s1. The summed E-state index contributed by atoms with van der Waals surface area (Å²) in [6.07, 6.45) is -0.372. The van der Waals surface area contributed by atoms with Crippen molar-refractivity contribution in [3.05, 3.63) is 23.8 Å². The molecule has 0 unspecified atom stereocenters. The molecule has 0 bridgehead atoms.